The Hall–Kier alpha value is -4.46. The van der Waals surface area contributed by atoms with Crippen molar-refractivity contribution in [1.82, 2.24) is 29.7 Å². The molecule has 3 unspecified atom stereocenters. The Labute approximate surface area is 291 Å². The predicted molar refractivity (Wildman–Crippen MR) is 184 cm³/mol. The van der Waals surface area contributed by atoms with Gasteiger partial charge in [-0.1, -0.05) is 25.4 Å². The van der Waals surface area contributed by atoms with Crippen LogP contribution in [0.15, 0.2) is 48.8 Å². The summed E-state index contributed by atoms with van der Waals surface area (Å²) in [5, 5.41) is 15.2. The smallest absolute Gasteiger partial charge is 0.407 e. The van der Waals surface area contributed by atoms with Crippen LogP contribution in [-0.4, -0.2) is 61.2 Å². The predicted octanol–water partition coefficient (Wildman–Crippen LogP) is 7.16. The Bertz CT molecular complexity index is 2080. The van der Waals surface area contributed by atoms with Gasteiger partial charge in [0.25, 0.3) is 0 Å². The highest BCUT2D eigenvalue weighted by Gasteiger charge is 2.38. The Morgan fingerprint density at radius 1 is 1.20 bits per heavy atom. The molecule has 0 radical (unpaired) electrons. The zero-order chi connectivity index (χ0) is 34.8. The fraction of sp³-hybridized carbons (Fsp3) is 0.371. The van der Waals surface area contributed by atoms with Crippen molar-refractivity contribution in [2.75, 3.05) is 13.7 Å². The molecular formula is C35H36ClFN6O5S. The van der Waals surface area contributed by atoms with Crippen molar-refractivity contribution in [1.29, 1.82) is 0 Å². The number of aromatic amines is 1. The Balaban J connectivity index is 1.25. The molecule has 3 aromatic heterocycles. The number of carbonyl (C=O) groups excluding carboxylic acids is 2. The Morgan fingerprint density at radius 2 is 2.00 bits per heavy atom. The van der Waals surface area contributed by atoms with E-state index in [1.165, 1.54) is 24.5 Å². The molecule has 2 aliphatic rings. The number of methoxy groups -OCH3 is 1. The highest BCUT2D eigenvalue weighted by atomic mass is 35.5. The number of hydrogen-bond donors (Lipinski definition) is 3. The first-order valence-corrected chi connectivity index (χ1v) is 17.2. The second kappa shape index (κ2) is 12.5. The molecular weight excluding hydrogens is 671 g/mol. The number of benzene rings is 2. The van der Waals surface area contributed by atoms with Crippen LogP contribution in [0.4, 0.5) is 9.18 Å². The summed E-state index contributed by atoms with van der Waals surface area (Å²) in [5.41, 5.74) is 1.68. The lowest BCUT2D eigenvalue weighted by molar-refractivity contribution is -0.135. The molecule has 49 heavy (non-hydrogen) atoms. The van der Waals surface area contributed by atoms with Crippen molar-refractivity contribution in [2.24, 2.45) is 5.92 Å². The second-order valence-corrected chi connectivity index (χ2v) is 14.8. The van der Waals surface area contributed by atoms with Crippen molar-refractivity contribution >= 4 is 45.8 Å². The number of aromatic nitrogens is 4. The van der Waals surface area contributed by atoms with E-state index in [1.54, 1.807) is 43.3 Å². The molecule has 2 amide bonds. The van der Waals surface area contributed by atoms with Gasteiger partial charge in [-0.2, -0.15) is 0 Å². The molecule has 3 N–H and O–H groups in total. The molecule has 3 atom stereocenters. The van der Waals surface area contributed by atoms with E-state index in [4.69, 9.17) is 21.1 Å². The van der Waals surface area contributed by atoms with Gasteiger partial charge in [-0.3, -0.25) is 9.36 Å². The monoisotopic (exact) mass is 706 g/mol. The van der Waals surface area contributed by atoms with Crippen molar-refractivity contribution in [2.45, 2.75) is 64.4 Å². The van der Waals surface area contributed by atoms with Gasteiger partial charge in [-0.05, 0) is 69.0 Å². The van der Waals surface area contributed by atoms with E-state index in [1.807, 2.05) is 36.6 Å². The zero-order valence-corrected chi connectivity index (χ0v) is 29.2. The largest absolute Gasteiger partial charge is 0.464 e. The lowest BCUT2D eigenvalue weighted by Gasteiger charge is -2.30. The summed E-state index contributed by atoms with van der Waals surface area (Å²) < 4.78 is 29.5. The number of nitrogens with zero attached hydrogens (tertiary/aromatic N) is 4. The van der Waals surface area contributed by atoms with Crippen LogP contribution in [0.5, 0.6) is 5.75 Å². The van der Waals surface area contributed by atoms with Crippen LogP contribution in [0.2, 0.25) is 5.02 Å². The number of hydrogen-bond acceptors (Lipinski definition) is 8. The average Bonchev–Trinajstić information content (AvgIpc) is 3.87. The topological polar surface area (TPSA) is 135 Å². The number of H-pyrrole nitrogens is 1. The van der Waals surface area contributed by atoms with Crippen LogP contribution in [0, 0.1) is 11.7 Å². The van der Waals surface area contributed by atoms with E-state index in [0.29, 0.717) is 57.1 Å². The molecule has 14 heteroatoms. The summed E-state index contributed by atoms with van der Waals surface area (Å²) in [4.78, 5) is 40.5. The minimum Gasteiger partial charge on any atom is -0.464 e. The first-order chi connectivity index (χ1) is 23.3. The van der Waals surface area contributed by atoms with E-state index in [0.717, 1.165) is 22.2 Å². The molecule has 2 aliphatic heterocycles. The van der Waals surface area contributed by atoms with Gasteiger partial charge in [0.15, 0.2) is 0 Å². The fourth-order valence-corrected chi connectivity index (χ4v) is 7.74. The number of likely N-dealkylation sites (tertiary alicyclic amines) is 1. The maximum absolute atomic E-state index is 16.3. The van der Waals surface area contributed by atoms with E-state index in [-0.39, 0.29) is 17.9 Å². The van der Waals surface area contributed by atoms with Crippen LogP contribution in [0.25, 0.3) is 33.4 Å². The van der Waals surface area contributed by atoms with Crippen LogP contribution >= 0.6 is 22.9 Å². The maximum atomic E-state index is 16.3. The van der Waals surface area contributed by atoms with Crippen LogP contribution < -0.4 is 10.1 Å². The minimum atomic E-state index is -1.14. The van der Waals surface area contributed by atoms with Gasteiger partial charge in [0, 0.05) is 28.7 Å². The standard InChI is InChI=1S/C35H36ClFN6O5S/c1-17(2)29(41-34(45)47-5)31(44)42-10-6-7-24(42)30-38-15-22(40-30)18-12-21(37)28-25-13-19-11-20(36)8-9-23(19)43(25)32(48-26(28)14-18)27-16-39-33(49-27)35(3,4)46/h8-9,11-17,24,29,32,46H,6-7,10H2,1-5H3,(H,38,40)(H,41,45). The number of aliphatic hydroxyl groups is 1. The third-order valence-electron chi connectivity index (χ3n) is 9.02. The molecule has 256 valence electrons. The van der Waals surface area contributed by atoms with Crippen LogP contribution in [0.1, 0.15) is 68.5 Å². The molecule has 0 aliphatic carbocycles. The number of amides is 2. The summed E-state index contributed by atoms with van der Waals surface area (Å²) in [5.74, 6) is 0.0450. The first-order valence-electron chi connectivity index (χ1n) is 16.0. The number of thiazole rings is 1. The van der Waals surface area contributed by atoms with Gasteiger partial charge in [0.1, 0.15) is 34.0 Å². The molecule has 11 nitrogen and oxygen atoms in total. The number of carbonyl (C=O) groups is 2. The summed E-state index contributed by atoms with van der Waals surface area (Å²) in [7, 11) is 1.26. The van der Waals surface area contributed by atoms with E-state index < -0.39 is 29.8 Å². The van der Waals surface area contributed by atoms with Crippen molar-refractivity contribution in [3.63, 3.8) is 0 Å². The van der Waals surface area contributed by atoms with Crippen molar-refractivity contribution in [3.8, 4) is 28.3 Å². The van der Waals surface area contributed by atoms with Gasteiger partial charge in [-0.25, -0.2) is 19.2 Å². The molecule has 5 aromatic rings. The van der Waals surface area contributed by atoms with Crippen molar-refractivity contribution < 1.29 is 28.6 Å². The molecule has 0 saturated carbocycles. The van der Waals surface area contributed by atoms with Crippen LogP contribution in [-0.2, 0) is 15.1 Å². The quantitative estimate of drug-likeness (QED) is 0.164. The number of halogens is 2. The highest BCUT2D eigenvalue weighted by molar-refractivity contribution is 7.11. The van der Waals surface area contributed by atoms with E-state index >= 15 is 4.39 Å². The van der Waals surface area contributed by atoms with Gasteiger partial charge >= 0.3 is 6.09 Å². The number of rotatable bonds is 7. The highest BCUT2D eigenvalue weighted by Crippen LogP contribution is 2.48. The molecule has 1 saturated heterocycles. The first kappa shape index (κ1) is 33.1. The van der Waals surface area contributed by atoms with Crippen molar-refractivity contribution in [3.05, 3.63) is 75.3 Å². The van der Waals surface area contributed by atoms with Gasteiger partial charge in [0.05, 0.1) is 46.7 Å². The number of ether oxygens (including phenoxy) is 2. The summed E-state index contributed by atoms with van der Waals surface area (Å²) in [6.07, 6.45) is 3.40. The molecule has 0 bridgehead atoms. The summed E-state index contributed by atoms with van der Waals surface area (Å²) in [6, 6.07) is 9.52. The van der Waals surface area contributed by atoms with E-state index in [2.05, 4.69) is 20.3 Å². The number of alkyl carbamates (subject to hydrolysis) is 1. The third kappa shape index (κ3) is 5.93. The third-order valence-corrected chi connectivity index (χ3v) is 10.6. The maximum Gasteiger partial charge on any atom is 0.407 e. The number of imidazole rings is 1. The second-order valence-electron chi connectivity index (χ2n) is 13.3. The Kier molecular flexibility index (Phi) is 8.40. The molecule has 1 fully saturated rings. The van der Waals surface area contributed by atoms with Gasteiger partial charge in [-0.15, -0.1) is 11.3 Å². The Morgan fingerprint density at radius 3 is 2.71 bits per heavy atom. The summed E-state index contributed by atoms with van der Waals surface area (Å²) in [6.45, 7) is 7.59. The fourth-order valence-electron chi connectivity index (χ4n) is 6.62. The van der Waals surface area contributed by atoms with Crippen LogP contribution in [0.3, 0.4) is 0 Å². The average molecular weight is 707 g/mol. The lowest BCUT2D eigenvalue weighted by Crippen LogP contribution is -2.51. The SMILES string of the molecule is COC(=O)NC(C(=O)N1CCCC1c1ncc(-c2cc(F)c3c(c2)OC(c2cnc(C(C)(C)O)s2)n2c-3cc3cc(Cl)ccc32)[nH]1)C(C)C. The van der Waals surface area contributed by atoms with E-state index in [9.17, 15) is 14.7 Å². The zero-order valence-electron chi connectivity index (χ0n) is 27.6. The summed E-state index contributed by atoms with van der Waals surface area (Å²) >= 11 is 7.66. The molecule has 5 heterocycles. The number of fused-ring (bicyclic) bond motifs is 5. The van der Waals surface area contributed by atoms with Gasteiger partial charge < -0.3 is 29.8 Å². The molecule has 2 aromatic carbocycles. The molecule has 7 rings (SSSR count). The lowest BCUT2D eigenvalue weighted by atomic mass is 10.0. The van der Waals surface area contributed by atoms with Gasteiger partial charge in [0.2, 0.25) is 12.1 Å². The normalized spacial score (nSPS) is 17.9. The molecule has 0 spiro atoms. The minimum absolute atomic E-state index is 0.162. The number of nitrogens with one attached hydrogen (secondary N) is 2.